The van der Waals surface area contributed by atoms with E-state index in [1.165, 1.54) is 0 Å². The quantitative estimate of drug-likeness (QED) is 0.564. The zero-order chi connectivity index (χ0) is 13.4. The maximum atomic E-state index is 2.27. The van der Waals surface area contributed by atoms with E-state index in [1.807, 2.05) is 0 Å². The van der Waals surface area contributed by atoms with Crippen LogP contribution in [0.3, 0.4) is 0 Å². The summed E-state index contributed by atoms with van der Waals surface area (Å²) in [4.78, 5) is 0. The number of rotatable bonds is 0. The van der Waals surface area contributed by atoms with Gasteiger partial charge in [-0.05, 0) is 0 Å². The molecule has 0 aromatic heterocycles. The average Bonchev–Trinajstić information content (AvgIpc) is 1.81. The van der Waals surface area contributed by atoms with Crippen molar-refractivity contribution in [2.45, 2.75) is 72.0 Å². The van der Waals surface area contributed by atoms with Crippen LogP contribution in [0.5, 0.6) is 0 Å². The van der Waals surface area contributed by atoms with Gasteiger partial charge in [-0.25, -0.2) is 0 Å². The van der Waals surface area contributed by atoms with Gasteiger partial charge in [0.25, 0.3) is 0 Å². The third-order valence-electron chi connectivity index (χ3n) is 0. The van der Waals surface area contributed by atoms with Gasteiger partial charge in [0.1, 0.15) is 0 Å². The molecule has 0 aromatic carbocycles. The van der Waals surface area contributed by atoms with Gasteiger partial charge in [0.05, 0.1) is 0 Å². The average molecular weight is 350 g/mol. The van der Waals surface area contributed by atoms with Crippen molar-refractivity contribution >= 4 is 53.5 Å². The second-order valence-corrected chi connectivity index (χ2v) is 15.0. The first-order chi connectivity index (χ1) is 6.61. The van der Waals surface area contributed by atoms with Crippen LogP contribution in [-0.4, -0.2) is 53.5 Å². The third-order valence-corrected chi connectivity index (χ3v) is 0. The minimum atomic E-state index is 0. The molecule has 0 saturated carbocycles. The van der Waals surface area contributed by atoms with Crippen LogP contribution in [0.1, 0.15) is 0 Å². The molecule has 0 bridgehead atoms. The fraction of sp³-hybridized carbons (Fsp3) is 1.00. The van der Waals surface area contributed by atoms with Crippen molar-refractivity contribution < 1.29 is 0 Å². The summed E-state index contributed by atoms with van der Waals surface area (Å²) < 4.78 is 0. The molecule has 0 aliphatic carbocycles. The minimum Gasteiger partial charge on any atom is -0.0735 e. The predicted octanol–water partition coefficient (Wildman–Crippen LogP) is 4.52. The van der Waals surface area contributed by atoms with Gasteiger partial charge in [0, 0.05) is 53.5 Å². The summed E-state index contributed by atoms with van der Waals surface area (Å²) in [7, 11) is 1.44. The summed E-state index contributed by atoms with van der Waals surface area (Å²) in [6.45, 7) is 24.7. The molecule has 9 radical (unpaired) electrons. The summed E-state index contributed by atoms with van der Waals surface area (Å²) >= 11 is 0. The third kappa shape index (κ3) is 1610. The first kappa shape index (κ1) is 30.4. The van der Waals surface area contributed by atoms with Crippen LogP contribution in [0.15, 0.2) is 0 Å². The van der Waals surface area contributed by atoms with Gasteiger partial charge < -0.3 is 0 Å². The molecule has 5 heteroatoms. The van der Waals surface area contributed by atoms with Gasteiger partial charge in [0.15, 0.2) is 0 Å². The molecule has 0 aliphatic rings. The minimum absolute atomic E-state index is 0. The summed E-state index contributed by atoms with van der Waals surface area (Å²) in [5.74, 6) is 0. The summed E-state index contributed by atoms with van der Waals surface area (Å²) in [5.41, 5.74) is 0. The van der Waals surface area contributed by atoms with Crippen molar-refractivity contribution in [2.75, 3.05) is 0 Å². The molecule has 0 nitrogen and oxygen atoms in total. The zero-order valence-electron chi connectivity index (χ0n) is 13.5. The standard InChI is InChI=1S/3C3H9Si.C2H6Si.Ge/c3*1-4(2)3;1-3-2;/h3*1-3H3;1-2H3;. The second-order valence-electron chi connectivity index (χ2n) is 5.00. The van der Waals surface area contributed by atoms with Crippen LogP contribution in [0.25, 0.3) is 0 Å². The second kappa shape index (κ2) is 29.9. The number of hydrogen-bond donors (Lipinski definition) is 0. The molecule has 0 N–H and O–H groups in total. The Morgan fingerprint density at radius 3 is 0.500 bits per heavy atom. The Labute approximate surface area is 125 Å². The summed E-state index contributed by atoms with van der Waals surface area (Å²) in [6, 6.07) is 0. The molecule has 0 rings (SSSR count). The fourth-order valence-corrected chi connectivity index (χ4v) is 0. The Morgan fingerprint density at radius 1 is 0.500 bits per heavy atom. The van der Waals surface area contributed by atoms with Crippen LogP contribution in [0, 0.1) is 0 Å². The molecule has 0 atom stereocenters. The van der Waals surface area contributed by atoms with E-state index in [-0.39, 0.29) is 44.0 Å². The Hall–Kier alpha value is 1.41. The monoisotopic (exact) mass is 351 g/mol. The normalized spacial score (nSPS) is 7.88. The Kier molecular flexibility index (Phi) is 57.0. The van der Waals surface area contributed by atoms with Crippen molar-refractivity contribution in [3.63, 3.8) is 0 Å². The topological polar surface area (TPSA) is 0 Å². The Morgan fingerprint density at radius 2 is 0.500 bits per heavy atom. The molecule has 0 amide bonds. The van der Waals surface area contributed by atoms with Crippen LogP contribution < -0.4 is 0 Å². The Bertz CT molecular complexity index is 55.9. The van der Waals surface area contributed by atoms with Crippen LogP contribution in [0.2, 0.25) is 72.0 Å². The SMILES string of the molecule is C[Si](C)C.C[Si](C)C.C[Si](C)C.C[Si]C.[Ge]. The zero-order valence-corrected chi connectivity index (χ0v) is 19.6. The molecule has 0 aliphatic heterocycles. The van der Waals surface area contributed by atoms with Gasteiger partial charge >= 0.3 is 0 Å². The largest absolute Gasteiger partial charge is 0.0735 e. The smallest absolute Gasteiger partial charge is 0.0379 e. The molecule has 0 unspecified atom stereocenters. The molecule has 0 heterocycles. The van der Waals surface area contributed by atoms with E-state index in [4.69, 9.17) is 0 Å². The molecule has 0 aromatic rings. The molecule has 0 spiro atoms. The maximum absolute atomic E-state index is 2.27. The fourth-order valence-electron chi connectivity index (χ4n) is 0. The van der Waals surface area contributed by atoms with Gasteiger partial charge in [-0.15, -0.1) is 0 Å². The van der Waals surface area contributed by atoms with Gasteiger partial charge in [-0.3, -0.25) is 0 Å². The van der Waals surface area contributed by atoms with E-state index < -0.39 is 0 Å². The van der Waals surface area contributed by atoms with E-state index in [2.05, 4.69) is 72.0 Å². The van der Waals surface area contributed by atoms with Crippen LogP contribution in [0.4, 0.5) is 0 Å². The molecule has 16 heavy (non-hydrogen) atoms. The van der Waals surface area contributed by atoms with E-state index in [0.29, 0.717) is 0 Å². The van der Waals surface area contributed by atoms with E-state index in [0.717, 1.165) is 9.52 Å². The van der Waals surface area contributed by atoms with E-state index >= 15 is 0 Å². The molecular formula is C11H33GeSi4. The van der Waals surface area contributed by atoms with Crippen molar-refractivity contribution in [1.29, 1.82) is 0 Å². The van der Waals surface area contributed by atoms with Crippen LogP contribution >= 0.6 is 0 Å². The molecular weight excluding hydrogens is 317 g/mol. The van der Waals surface area contributed by atoms with Crippen molar-refractivity contribution in [1.82, 2.24) is 0 Å². The molecule has 0 saturated heterocycles. The van der Waals surface area contributed by atoms with Gasteiger partial charge in [0.2, 0.25) is 0 Å². The first-order valence-electron chi connectivity index (χ1n) is 5.50. The van der Waals surface area contributed by atoms with Crippen molar-refractivity contribution in [3.05, 3.63) is 0 Å². The van der Waals surface area contributed by atoms with Crippen LogP contribution in [-0.2, 0) is 0 Å². The molecule has 0 fully saturated rings. The van der Waals surface area contributed by atoms with Gasteiger partial charge in [-0.1, -0.05) is 72.0 Å². The molecule has 97 valence electrons. The summed E-state index contributed by atoms with van der Waals surface area (Å²) in [6.07, 6.45) is 0. The maximum Gasteiger partial charge on any atom is 0.0379 e. The van der Waals surface area contributed by atoms with E-state index in [9.17, 15) is 0 Å². The van der Waals surface area contributed by atoms with E-state index in [1.54, 1.807) is 0 Å². The van der Waals surface area contributed by atoms with Gasteiger partial charge in [-0.2, -0.15) is 0 Å². The van der Waals surface area contributed by atoms with Crippen molar-refractivity contribution in [2.24, 2.45) is 0 Å². The predicted molar refractivity (Wildman–Crippen MR) is 93.3 cm³/mol. The summed E-state index contributed by atoms with van der Waals surface area (Å²) in [5, 5.41) is 0. The first-order valence-corrected chi connectivity index (χ1v) is 16.5. The Balaban J connectivity index is -0.0000000331. The number of hydrogen-bond acceptors (Lipinski definition) is 0. The van der Waals surface area contributed by atoms with Crippen molar-refractivity contribution in [3.8, 4) is 0 Å².